The monoisotopic (exact) mass is 502 g/mol. The van der Waals surface area contributed by atoms with Crippen molar-refractivity contribution >= 4 is 38.3 Å². The van der Waals surface area contributed by atoms with Crippen molar-refractivity contribution in [2.24, 2.45) is 0 Å². The van der Waals surface area contributed by atoms with Gasteiger partial charge in [0.05, 0.1) is 0 Å². The summed E-state index contributed by atoms with van der Waals surface area (Å²) in [5.41, 5.74) is 0. The fourth-order valence-electron chi connectivity index (χ4n) is 1.74. The van der Waals surface area contributed by atoms with E-state index in [1.165, 1.54) is 95.8 Å². The molecule has 0 fully saturated rings. The normalized spacial score (nSPS) is 9.85. The topological polar surface area (TPSA) is 80.3 Å². The van der Waals surface area contributed by atoms with Crippen LogP contribution in [0.4, 0.5) is 0 Å². The minimum absolute atomic E-state index is 0. The average Bonchev–Trinajstić information content (AvgIpc) is 2.25. The predicted octanol–water partition coefficient (Wildman–Crippen LogP) is 3.15. The minimum Gasteiger partial charge on any atom is -0.759 e. The maximum absolute atomic E-state index is 8.52. The molecule has 0 aliphatic heterocycles. The van der Waals surface area contributed by atoms with Crippen LogP contribution < -0.4 is 0 Å². The Morgan fingerprint density at radius 1 is 0.750 bits per heavy atom. The van der Waals surface area contributed by atoms with Crippen LogP contribution in [0.5, 0.6) is 0 Å². The van der Waals surface area contributed by atoms with E-state index in [0.29, 0.717) is 0 Å². The first-order valence-corrected chi connectivity index (χ1v) is 9.83. The minimum atomic E-state index is -5.17. The zero-order valence-electron chi connectivity index (χ0n) is 12.4. The molecule has 0 N–H and O–H groups in total. The first-order chi connectivity index (χ1) is 8.41. The van der Waals surface area contributed by atoms with Crippen LogP contribution in [0.25, 0.3) is 0 Å². The SMILES string of the molecule is CCCCCCCCCCC[CH2][Na].O=S(=O)([O-])[O-].[Ag+].[Ag+]. The third-order valence-electron chi connectivity index (χ3n) is 2.71. The smallest absolute Gasteiger partial charge is 0.759 e. The zero-order valence-corrected chi connectivity index (χ0v) is 18.2. The molecule has 20 heavy (non-hydrogen) atoms. The molecule has 4 nitrogen and oxygen atoms in total. The molecule has 0 spiro atoms. The molecule has 0 aromatic carbocycles. The summed E-state index contributed by atoms with van der Waals surface area (Å²) in [6.07, 6.45) is 14.7. The quantitative estimate of drug-likeness (QED) is 0.198. The Labute approximate surface area is 173 Å². The van der Waals surface area contributed by atoms with Crippen molar-refractivity contribution in [3.8, 4) is 0 Å². The molecule has 0 amide bonds. The van der Waals surface area contributed by atoms with E-state index >= 15 is 0 Å². The van der Waals surface area contributed by atoms with Gasteiger partial charge in [0.1, 0.15) is 0 Å². The van der Waals surface area contributed by atoms with Crippen LogP contribution >= 0.6 is 0 Å². The molecule has 0 aliphatic carbocycles. The van der Waals surface area contributed by atoms with Crippen LogP contribution in [0.2, 0.25) is 3.67 Å². The van der Waals surface area contributed by atoms with Crippen LogP contribution in [0.15, 0.2) is 0 Å². The molecule has 0 atom stereocenters. The Balaban J connectivity index is -0.000000158. The van der Waals surface area contributed by atoms with Crippen molar-refractivity contribution in [2.45, 2.75) is 74.8 Å². The molecule has 8 heteroatoms. The summed E-state index contributed by atoms with van der Waals surface area (Å²) < 4.78 is 35.6. The third kappa shape index (κ3) is 50.0. The molecule has 0 aromatic rings. The van der Waals surface area contributed by atoms with E-state index in [2.05, 4.69) is 6.92 Å². The Hall–Kier alpha value is 2.35. The molecule has 0 saturated carbocycles. The van der Waals surface area contributed by atoms with Crippen LogP contribution in [0.1, 0.15) is 71.1 Å². The standard InChI is InChI=1S/C12H25.2Ag.Na.H2O4S/c1-3-5-7-9-11-12-10-8-6-4-2;;;;1-5(2,3)4/h1,3-12H2,2H3;;;;(H2,1,2,3,4)/q;2*+1;;/p-2. The molecule has 0 unspecified atom stereocenters. The molecule has 0 radical (unpaired) electrons. The van der Waals surface area contributed by atoms with Gasteiger partial charge < -0.3 is 9.11 Å². The Morgan fingerprint density at radius 2 is 1.00 bits per heavy atom. The van der Waals surface area contributed by atoms with Gasteiger partial charge in [-0.25, -0.2) is 0 Å². The second-order valence-corrected chi connectivity index (χ2v) is 6.41. The third-order valence-corrected chi connectivity index (χ3v) is 3.41. The van der Waals surface area contributed by atoms with E-state index in [0.717, 1.165) is 0 Å². The van der Waals surface area contributed by atoms with Gasteiger partial charge >= 0.3 is 147 Å². The number of unbranched alkanes of at least 4 members (excludes halogenated alkanes) is 9. The Kier molecular flexibility index (Phi) is 35.7. The zero-order chi connectivity index (χ0) is 14.3. The van der Waals surface area contributed by atoms with Gasteiger partial charge in [-0.2, -0.15) is 0 Å². The fraction of sp³-hybridized carbons (Fsp3) is 1.00. The van der Waals surface area contributed by atoms with Crippen molar-refractivity contribution in [3.05, 3.63) is 0 Å². The van der Waals surface area contributed by atoms with Crippen LogP contribution in [0, 0.1) is 0 Å². The molecule has 0 aromatic heterocycles. The molecule has 126 valence electrons. The number of rotatable bonds is 10. The van der Waals surface area contributed by atoms with Crippen molar-refractivity contribution in [2.75, 3.05) is 0 Å². The molecule has 0 rings (SSSR count). The second kappa shape index (κ2) is 23.6. The summed E-state index contributed by atoms with van der Waals surface area (Å²) in [6.45, 7) is 2.29. The van der Waals surface area contributed by atoms with E-state index in [1.807, 2.05) is 0 Å². The van der Waals surface area contributed by atoms with E-state index in [9.17, 15) is 0 Å². The van der Waals surface area contributed by atoms with E-state index < -0.39 is 10.4 Å². The molecular formula is C12H25Ag2NaO4S. The second-order valence-electron chi connectivity index (χ2n) is 4.59. The summed E-state index contributed by atoms with van der Waals surface area (Å²) in [5.74, 6) is 0. The van der Waals surface area contributed by atoms with E-state index in [-0.39, 0.29) is 44.8 Å². The van der Waals surface area contributed by atoms with Gasteiger partial charge in [0, 0.05) is 10.4 Å². The Morgan fingerprint density at radius 3 is 1.25 bits per heavy atom. The maximum atomic E-state index is 8.52. The largest absolute Gasteiger partial charge is 1.00 e. The maximum Gasteiger partial charge on any atom is 1.00 e. The molecule has 0 bridgehead atoms. The molecule has 0 aliphatic rings. The van der Waals surface area contributed by atoms with Gasteiger partial charge in [0.15, 0.2) is 0 Å². The summed E-state index contributed by atoms with van der Waals surface area (Å²) in [6, 6.07) is 0. The number of hydrogen-bond donors (Lipinski definition) is 0. The van der Waals surface area contributed by atoms with Crippen LogP contribution in [0.3, 0.4) is 0 Å². The van der Waals surface area contributed by atoms with Gasteiger partial charge in [0.2, 0.25) is 0 Å². The predicted molar refractivity (Wildman–Crippen MR) is 72.9 cm³/mol. The Bertz CT molecular complexity index is 234. The van der Waals surface area contributed by atoms with Crippen molar-refractivity contribution in [1.29, 1.82) is 0 Å². The first-order valence-electron chi connectivity index (χ1n) is 7.08. The molecular weight excluding hydrogens is 479 g/mol. The summed E-state index contributed by atoms with van der Waals surface area (Å²) >= 11 is 1.41. The van der Waals surface area contributed by atoms with Crippen molar-refractivity contribution in [3.63, 3.8) is 0 Å². The molecule has 0 heterocycles. The fourth-order valence-corrected chi connectivity index (χ4v) is 2.24. The van der Waals surface area contributed by atoms with Crippen LogP contribution in [-0.4, -0.2) is 45.5 Å². The molecule has 0 saturated heterocycles. The number of hydrogen-bond acceptors (Lipinski definition) is 4. The van der Waals surface area contributed by atoms with Crippen LogP contribution in [-0.2, 0) is 55.2 Å². The van der Waals surface area contributed by atoms with Crippen molar-refractivity contribution in [1.82, 2.24) is 0 Å². The van der Waals surface area contributed by atoms with Gasteiger partial charge in [-0.3, -0.25) is 8.42 Å². The van der Waals surface area contributed by atoms with Gasteiger partial charge in [0.25, 0.3) is 0 Å². The van der Waals surface area contributed by atoms with Crippen molar-refractivity contribution < 1.29 is 62.3 Å². The van der Waals surface area contributed by atoms with Gasteiger partial charge in [-0.05, 0) is 0 Å². The first kappa shape index (κ1) is 30.3. The van der Waals surface area contributed by atoms with Gasteiger partial charge in [-0.15, -0.1) is 0 Å². The van der Waals surface area contributed by atoms with E-state index in [4.69, 9.17) is 17.5 Å². The average molecular weight is 504 g/mol. The summed E-state index contributed by atoms with van der Waals surface area (Å²) in [5, 5.41) is 0. The summed E-state index contributed by atoms with van der Waals surface area (Å²) in [4.78, 5) is 0. The van der Waals surface area contributed by atoms with E-state index in [1.54, 1.807) is 0 Å². The van der Waals surface area contributed by atoms with Gasteiger partial charge in [-0.1, -0.05) is 0 Å². The summed E-state index contributed by atoms with van der Waals surface area (Å²) in [7, 11) is -5.17.